The number of nitrogen functional groups attached to an aromatic ring is 1. The standard InChI is InChI=1S/C24H22F3N5O2/c1-13-9-19-17(18-11-29-31(2)21(18)22(28)30-19)10-16(13)23(33)32-7-8-34-12-20(32)14-3-5-15(6-4-14)24(25,26)27/h3-6,9-11,20H,7-8,12H2,1-2H3,(H2,28,30)/t20-/m1/s1. The summed E-state index contributed by atoms with van der Waals surface area (Å²) in [6, 6.07) is 7.98. The smallest absolute Gasteiger partial charge is 0.382 e. The largest absolute Gasteiger partial charge is 0.416 e. The van der Waals surface area contributed by atoms with E-state index in [1.165, 1.54) is 12.1 Å². The molecule has 10 heteroatoms. The van der Waals surface area contributed by atoms with Crippen LogP contribution in [-0.4, -0.2) is 45.3 Å². The second-order valence-electron chi connectivity index (χ2n) is 8.42. The number of ether oxygens (including phenoxy) is 1. The average molecular weight is 469 g/mol. The van der Waals surface area contributed by atoms with Crippen LogP contribution in [0.3, 0.4) is 0 Å². The molecule has 2 N–H and O–H groups in total. The summed E-state index contributed by atoms with van der Waals surface area (Å²) in [5.74, 6) is 0.137. The lowest BCUT2D eigenvalue weighted by atomic mass is 9.98. The molecule has 7 nitrogen and oxygen atoms in total. The van der Waals surface area contributed by atoms with Gasteiger partial charge in [0.15, 0.2) is 0 Å². The number of aromatic nitrogens is 3. The van der Waals surface area contributed by atoms with Crippen LogP contribution in [0.15, 0.2) is 42.6 Å². The molecule has 1 aliphatic heterocycles. The highest BCUT2D eigenvalue weighted by Crippen LogP contribution is 2.34. The van der Waals surface area contributed by atoms with E-state index < -0.39 is 17.8 Å². The maximum absolute atomic E-state index is 13.7. The van der Waals surface area contributed by atoms with Crippen molar-refractivity contribution in [3.8, 4) is 0 Å². The van der Waals surface area contributed by atoms with Crippen LogP contribution >= 0.6 is 0 Å². The third kappa shape index (κ3) is 3.63. The van der Waals surface area contributed by atoms with Gasteiger partial charge in [-0.25, -0.2) is 4.98 Å². The van der Waals surface area contributed by atoms with Gasteiger partial charge < -0.3 is 15.4 Å². The first kappa shape index (κ1) is 22.1. The lowest BCUT2D eigenvalue weighted by Gasteiger charge is -2.36. The fourth-order valence-corrected chi connectivity index (χ4v) is 4.52. The number of fused-ring (bicyclic) bond motifs is 3. The van der Waals surface area contributed by atoms with E-state index in [1.807, 2.05) is 13.0 Å². The first-order valence-corrected chi connectivity index (χ1v) is 10.7. The quantitative estimate of drug-likeness (QED) is 0.475. The van der Waals surface area contributed by atoms with E-state index in [9.17, 15) is 18.0 Å². The predicted molar refractivity (Wildman–Crippen MR) is 121 cm³/mol. The summed E-state index contributed by atoms with van der Waals surface area (Å²) in [6.07, 6.45) is -2.73. The average Bonchev–Trinajstić information content (AvgIpc) is 3.20. The summed E-state index contributed by atoms with van der Waals surface area (Å²) in [7, 11) is 1.77. The Hall–Kier alpha value is -3.66. The summed E-state index contributed by atoms with van der Waals surface area (Å²) in [6.45, 7) is 2.70. The Balaban J connectivity index is 1.55. The minimum atomic E-state index is -4.42. The van der Waals surface area contributed by atoms with Crippen LogP contribution in [0.5, 0.6) is 0 Å². The summed E-state index contributed by atoms with van der Waals surface area (Å²) in [5, 5.41) is 5.82. The van der Waals surface area contributed by atoms with Crippen LogP contribution in [-0.2, 0) is 18.0 Å². The van der Waals surface area contributed by atoms with Gasteiger partial charge in [0.2, 0.25) is 0 Å². The van der Waals surface area contributed by atoms with Crippen molar-refractivity contribution in [1.82, 2.24) is 19.7 Å². The number of nitrogens with zero attached hydrogens (tertiary/aromatic N) is 4. The molecule has 2 aromatic carbocycles. The highest BCUT2D eigenvalue weighted by Gasteiger charge is 2.33. The monoisotopic (exact) mass is 469 g/mol. The minimum absolute atomic E-state index is 0.203. The van der Waals surface area contributed by atoms with Crippen molar-refractivity contribution in [2.75, 3.05) is 25.5 Å². The zero-order valence-corrected chi connectivity index (χ0v) is 18.6. The second kappa shape index (κ2) is 7.98. The Morgan fingerprint density at radius 1 is 1.18 bits per heavy atom. The molecular formula is C24H22F3N5O2. The van der Waals surface area contributed by atoms with Crippen LogP contribution < -0.4 is 5.73 Å². The van der Waals surface area contributed by atoms with E-state index in [0.717, 1.165) is 28.5 Å². The fourth-order valence-electron chi connectivity index (χ4n) is 4.52. The first-order valence-electron chi connectivity index (χ1n) is 10.7. The number of morpholine rings is 1. The van der Waals surface area contributed by atoms with Gasteiger partial charge in [-0.1, -0.05) is 12.1 Å². The molecule has 1 aliphatic rings. The maximum atomic E-state index is 13.7. The SMILES string of the molecule is Cc1cc2nc(N)c3c(cnn3C)c2cc1C(=O)N1CCOC[C@@H]1c1ccc(C(F)(F)F)cc1. The Morgan fingerprint density at radius 3 is 2.62 bits per heavy atom. The van der Waals surface area contributed by atoms with Crippen molar-refractivity contribution in [2.24, 2.45) is 7.05 Å². The van der Waals surface area contributed by atoms with Crippen molar-refractivity contribution in [3.63, 3.8) is 0 Å². The summed E-state index contributed by atoms with van der Waals surface area (Å²) >= 11 is 0. The van der Waals surface area contributed by atoms with Gasteiger partial charge in [0, 0.05) is 29.9 Å². The van der Waals surface area contributed by atoms with Gasteiger partial charge in [0.05, 0.1) is 36.5 Å². The number of hydrogen-bond donors (Lipinski definition) is 1. The van der Waals surface area contributed by atoms with E-state index >= 15 is 0 Å². The van der Waals surface area contributed by atoms with Crippen LogP contribution in [0, 0.1) is 6.92 Å². The van der Waals surface area contributed by atoms with Gasteiger partial charge in [0.25, 0.3) is 5.91 Å². The first-order chi connectivity index (χ1) is 16.1. The normalized spacial score (nSPS) is 17.0. The molecule has 1 atom stereocenters. The molecular weight excluding hydrogens is 447 g/mol. The number of pyridine rings is 1. The van der Waals surface area contributed by atoms with E-state index in [0.29, 0.717) is 41.1 Å². The molecule has 3 heterocycles. The molecule has 0 unspecified atom stereocenters. The molecule has 176 valence electrons. The molecule has 0 saturated carbocycles. The number of amides is 1. The molecule has 34 heavy (non-hydrogen) atoms. The van der Waals surface area contributed by atoms with E-state index in [1.54, 1.807) is 28.9 Å². The Morgan fingerprint density at radius 2 is 1.91 bits per heavy atom. The van der Waals surface area contributed by atoms with Gasteiger partial charge in [0.1, 0.15) is 11.3 Å². The molecule has 0 aliphatic carbocycles. The van der Waals surface area contributed by atoms with E-state index in [2.05, 4.69) is 10.1 Å². The van der Waals surface area contributed by atoms with Crippen molar-refractivity contribution in [2.45, 2.75) is 19.1 Å². The van der Waals surface area contributed by atoms with Crippen molar-refractivity contribution in [1.29, 1.82) is 0 Å². The van der Waals surface area contributed by atoms with E-state index in [4.69, 9.17) is 10.5 Å². The predicted octanol–water partition coefficient (Wildman–Crippen LogP) is 4.24. The van der Waals surface area contributed by atoms with Crippen LogP contribution in [0.1, 0.15) is 33.1 Å². The summed E-state index contributed by atoms with van der Waals surface area (Å²) < 4.78 is 46.2. The number of aryl methyl sites for hydroxylation is 2. The Kier molecular flexibility index (Phi) is 5.20. The zero-order chi connectivity index (χ0) is 24.2. The van der Waals surface area contributed by atoms with E-state index in [-0.39, 0.29) is 12.5 Å². The lowest BCUT2D eigenvalue weighted by Crippen LogP contribution is -2.43. The van der Waals surface area contributed by atoms with Crippen molar-refractivity contribution < 1.29 is 22.7 Å². The molecule has 4 aromatic rings. The highest BCUT2D eigenvalue weighted by molar-refractivity contribution is 6.11. The molecule has 0 radical (unpaired) electrons. The van der Waals surface area contributed by atoms with Crippen LogP contribution in [0.2, 0.25) is 0 Å². The van der Waals surface area contributed by atoms with Gasteiger partial charge in [-0.15, -0.1) is 0 Å². The number of rotatable bonds is 2. The molecule has 1 fully saturated rings. The molecule has 1 amide bonds. The number of alkyl halides is 3. The number of hydrogen-bond acceptors (Lipinski definition) is 5. The molecule has 0 bridgehead atoms. The minimum Gasteiger partial charge on any atom is -0.382 e. The fraction of sp³-hybridized carbons (Fsp3) is 0.292. The van der Waals surface area contributed by atoms with Gasteiger partial charge in [-0.2, -0.15) is 18.3 Å². The molecule has 0 spiro atoms. The zero-order valence-electron chi connectivity index (χ0n) is 18.6. The molecule has 1 saturated heterocycles. The lowest BCUT2D eigenvalue weighted by molar-refractivity contribution is -0.137. The Bertz CT molecular complexity index is 1410. The summed E-state index contributed by atoms with van der Waals surface area (Å²) in [5.41, 5.74) is 8.54. The Labute approximate surface area is 192 Å². The third-order valence-corrected chi connectivity index (χ3v) is 6.30. The number of benzene rings is 2. The maximum Gasteiger partial charge on any atom is 0.416 e. The van der Waals surface area contributed by atoms with Crippen LogP contribution in [0.25, 0.3) is 21.8 Å². The number of carbonyl (C=O) groups is 1. The van der Waals surface area contributed by atoms with Crippen molar-refractivity contribution >= 4 is 33.5 Å². The number of halogens is 3. The number of nitrogens with two attached hydrogens (primary N) is 1. The highest BCUT2D eigenvalue weighted by atomic mass is 19.4. The van der Waals surface area contributed by atoms with Crippen LogP contribution in [0.4, 0.5) is 19.0 Å². The number of carbonyl (C=O) groups excluding carboxylic acids is 1. The van der Waals surface area contributed by atoms with Gasteiger partial charge >= 0.3 is 6.18 Å². The van der Waals surface area contributed by atoms with Gasteiger partial charge in [-0.3, -0.25) is 9.48 Å². The second-order valence-corrected chi connectivity index (χ2v) is 8.42. The molecule has 2 aromatic heterocycles. The third-order valence-electron chi connectivity index (χ3n) is 6.30. The van der Waals surface area contributed by atoms with Gasteiger partial charge in [-0.05, 0) is 42.3 Å². The summed E-state index contributed by atoms with van der Waals surface area (Å²) in [4.78, 5) is 19.8. The molecule has 5 rings (SSSR count). The topological polar surface area (TPSA) is 86.3 Å². The van der Waals surface area contributed by atoms with Crippen molar-refractivity contribution in [3.05, 3.63) is 64.8 Å². The number of anilines is 1.